The van der Waals surface area contributed by atoms with E-state index in [-0.39, 0.29) is 10.8 Å². The van der Waals surface area contributed by atoms with Gasteiger partial charge in [0.2, 0.25) is 0 Å². The molecule has 0 heterocycles. The first-order chi connectivity index (χ1) is 16.2. The van der Waals surface area contributed by atoms with Crippen LogP contribution < -0.4 is 9.47 Å². The summed E-state index contributed by atoms with van der Waals surface area (Å²) in [6, 6.07) is 16.7. The van der Waals surface area contributed by atoms with Crippen LogP contribution in [0.2, 0.25) is 0 Å². The predicted octanol–water partition coefficient (Wildman–Crippen LogP) is 6.71. The van der Waals surface area contributed by atoms with Crippen molar-refractivity contribution in [2.45, 2.75) is 36.5 Å². The predicted molar refractivity (Wildman–Crippen MR) is 135 cm³/mol. The Labute approximate surface area is 198 Å². The van der Waals surface area contributed by atoms with Crippen LogP contribution in [-0.2, 0) is 15.6 Å². The summed E-state index contributed by atoms with van der Waals surface area (Å²) in [5.74, 6) is 1.87. The Morgan fingerprint density at radius 1 is 0.636 bits per heavy atom. The zero-order valence-corrected chi connectivity index (χ0v) is 19.7. The normalized spacial score (nSPS) is 23.6. The molecule has 3 nitrogen and oxygen atoms in total. The molecule has 172 valence electrons. The van der Waals surface area contributed by atoms with Gasteiger partial charge in [-0.3, -0.25) is 0 Å². The van der Waals surface area contributed by atoms with Crippen molar-refractivity contribution in [1.29, 1.82) is 0 Å². The van der Waals surface area contributed by atoms with Crippen LogP contribution in [0.4, 0.5) is 0 Å². The third kappa shape index (κ3) is 4.99. The molecule has 2 aromatic carbocycles. The van der Waals surface area contributed by atoms with Crippen molar-refractivity contribution in [3.05, 3.63) is 108 Å². The zero-order chi connectivity index (χ0) is 23.0. The maximum Gasteiger partial charge on any atom is 0.122 e. The van der Waals surface area contributed by atoms with Crippen molar-refractivity contribution in [3.8, 4) is 11.5 Å². The SMILES string of the molecule is COc1ccccc1C1(CCOCCC2(c3ccccc3OC)C=CC=CC2)C=CC=CC1. The van der Waals surface area contributed by atoms with E-state index in [0.29, 0.717) is 13.2 Å². The molecule has 0 bridgehead atoms. The number of benzene rings is 2. The fourth-order valence-electron chi connectivity index (χ4n) is 5.09. The molecule has 0 saturated heterocycles. The van der Waals surface area contributed by atoms with E-state index in [1.165, 1.54) is 11.1 Å². The van der Waals surface area contributed by atoms with Gasteiger partial charge >= 0.3 is 0 Å². The molecule has 0 radical (unpaired) electrons. The van der Waals surface area contributed by atoms with Crippen molar-refractivity contribution in [3.63, 3.8) is 0 Å². The van der Waals surface area contributed by atoms with Gasteiger partial charge in [-0.15, -0.1) is 0 Å². The quantitative estimate of drug-likeness (QED) is 0.383. The Morgan fingerprint density at radius 3 is 1.48 bits per heavy atom. The van der Waals surface area contributed by atoms with Crippen molar-refractivity contribution < 1.29 is 14.2 Å². The second-order valence-corrected chi connectivity index (χ2v) is 8.81. The topological polar surface area (TPSA) is 27.7 Å². The van der Waals surface area contributed by atoms with Crippen molar-refractivity contribution in [2.24, 2.45) is 0 Å². The van der Waals surface area contributed by atoms with Gasteiger partial charge in [0.05, 0.1) is 14.2 Å². The zero-order valence-electron chi connectivity index (χ0n) is 19.7. The number of hydrogen-bond donors (Lipinski definition) is 0. The van der Waals surface area contributed by atoms with Crippen LogP contribution in [0.1, 0.15) is 36.8 Å². The minimum atomic E-state index is -0.102. The summed E-state index contributed by atoms with van der Waals surface area (Å²) in [5.41, 5.74) is 2.25. The second-order valence-electron chi connectivity index (χ2n) is 8.81. The summed E-state index contributed by atoms with van der Waals surface area (Å²) in [5, 5.41) is 0. The first kappa shape index (κ1) is 23.1. The minimum absolute atomic E-state index is 0.102. The van der Waals surface area contributed by atoms with Crippen molar-refractivity contribution >= 4 is 0 Å². The van der Waals surface area contributed by atoms with Crippen molar-refractivity contribution in [1.82, 2.24) is 0 Å². The highest BCUT2D eigenvalue weighted by Gasteiger charge is 2.33. The van der Waals surface area contributed by atoms with Gasteiger partial charge in [-0.2, -0.15) is 0 Å². The largest absolute Gasteiger partial charge is 0.496 e. The van der Waals surface area contributed by atoms with E-state index in [4.69, 9.17) is 14.2 Å². The molecule has 0 saturated carbocycles. The van der Waals surface area contributed by atoms with E-state index < -0.39 is 0 Å². The Balaban J connectivity index is 1.44. The number of hydrogen-bond acceptors (Lipinski definition) is 3. The molecule has 0 N–H and O–H groups in total. The van der Waals surface area contributed by atoms with Gasteiger partial charge in [0, 0.05) is 35.2 Å². The van der Waals surface area contributed by atoms with Crippen LogP contribution in [0.5, 0.6) is 11.5 Å². The number of allylic oxidation sites excluding steroid dienone is 8. The molecule has 2 aliphatic rings. The molecule has 2 atom stereocenters. The molecule has 0 fully saturated rings. The Morgan fingerprint density at radius 2 is 1.09 bits per heavy atom. The van der Waals surface area contributed by atoms with Crippen LogP contribution in [0.15, 0.2) is 97.1 Å². The summed E-state index contributed by atoms with van der Waals surface area (Å²) in [4.78, 5) is 0. The number of para-hydroxylation sites is 2. The highest BCUT2D eigenvalue weighted by atomic mass is 16.5. The molecule has 3 heteroatoms. The lowest BCUT2D eigenvalue weighted by atomic mass is 9.72. The molecular weight excluding hydrogens is 408 g/mol. The third-order valence-corrected chi connectivity index (χ3v) is 6.96. The molecule has 0 aromatic heterocycles. The average molecular weight is 443 g/mol. The molecule has 2 aromatic rings. The summed E-state index contributed by atoms with van der Waals surface area (Å²) in [6.45, 7) is 1.38. The van der Waals surface area contributed by atoms with Gasteiger partial charge in [0.15, 0.2) is 0 Å². The lowest BCUT2D eigenvalue weighted by Crippen LogP contribution is -2.29. The van der Waals surface area contributed by atoms with Crippen LogP contribution in [0.3, 0.4) is 0 Å². The third-order valence-electron chi connectivity index (χ3n) is 6.96. The van der Waals surface area contributed by atoms with Crippen LogP contribution in [0, 0.1) is 0 Å². The summed E-state index contributed by atoms with van der Waals surface area (Å²) < 4.78 is 17.7. The van der Waals surface area contributed by atoms with E-state index in [9.17, 15) is 0 Å². The van der Waals surface area contributed by atoms with Gasteiger partial charge in [-0.1, -0.05) is 85.0 Å². The van der Waals surface area contributed by atoms with Crippen LogP contribution >= 0.6 is 0 Å². The van der Waals surface area contributed by atoms with Crippen LogP contribution in [-0.4, -0.2) is 27.4 Å². The molecule has 4 rings (SSSR count). The second kappa shape index (κ2) is 10.7. The summed E-state index contributed by atoms with van der Waals surface area (Å²) in [6.07, 6.45) is 21.3. The van der Waals surface area contributed by atoms with E-state index in [1.54, 1.807) is 14.2 Å². The lowest BCUT2D eigenvalue weighted by Gasteiger charge is -2.34. The van der Waals surface area contributed by atoms with E-state index >= 15 is 0 Å². The van der Waals surface area contributed by atoms with Gasteiger partial charge in [-0.05, 0) is 37.8 Å². The molecule has 2 unspecified atom stereocenters. The van der Waals surface area contributed by atoms with Gasteiger partial charge in [-0.25, -0.2) is 0 Å². The Bertz CT molecular complexity index is 965. The maximum absolute atomic E-state index is 6.28. The molecule has 33 heavy (non-hydrogen) atoms. The smallest absolute Gasteiger partial charge is 0.122 e. The lowest BCUT2D eigenvalue weighted by molar-refractivity contribution is 0.106. The first-order valence-corrected chi connectivity index (χ1v) is 11.8. The van der Waals surface area contributed by atoms with Crippen molar-refractivity contribution in [2.75, 3.05) is 27.4 Å². The van der Waals surface area contributed by atoms with E-state index in [1.807, 2.05) is 24.3 Å². The molecule has 0 aliphatic heterocycles. The first-order valence-electron chi connectivity index (χ1n) is 11.8. The van der Waals surface area contributed by atoms with E-state index in [2.05, 4.69) is 72.9 Å². The van der Waals surface area contributed by atoms with Gasteiger partial charge < -0.3 is 14.2 Å². The fraction of sp³-hybridized carbons (Fsp3) is 0.333. The van der Waals surface area contributed by atoms with Gasteiger partial charge in [0.1, 0.15) is 11.5 Å². The maximum atomic E-state index is 6.28. The minimum Gasteiger partial charge on any atom is -0.496 e. The fourth-order valence-corrected chi connectivity index (χ4v) is 5.09. The molecule has 2 aliphatic carbocycles. The monoisotopic (exact) mass is 442 g/mol. The number of methoxy groups -OCH3 is 2. The molecular formula is C30H34O3. The molecule has 0 amide bonds. The van der Waals surface area contributed by atoms with Gasteiger partial charge in [0.25, 0.3) is 0 Å². The number of rotatable bonds is 10. The highest BCUT2D eigenvalue weighted by molar-refractivity contribution is 5.46. The van der Waals surface area contributed by atoms with Crippen LogP contribution in [0.25, 0.3) is 0 Å². The summed E-state index contributed by atoms with van der Waals surface area (Å²) in [7, 11) is 3.49. The molecule has 0 spiro atoms. The number of ether oxygens (including phenoxy) is 3. The average Bonchev–Trinajstić information content (AvgIpc) is 2.89. The standard InChI is InChI=1S/C30H34O3/c1-31-27-15-7-5-13-25(27)29(17-9-3-10-18-29)21-23-33-24-22-30(19-11-4-12-20-30)26-14-6-8-16-28(26)32-2/h3-17,19H,18,20-24H2,1-2H3. The summed E-state index contributed by atoms with van der Waals surface area (Å²) >= 11 is 0. The van der Waals surface area contributed by atoms with E-state index in [0.717, 1.165) is 37.2 Å². The highest BCUT2D eigenvalue weighted by Crippen LogP contribution is 2.42. The Hall–Kier alpha value is -3.04. The Kier molecular flexibility index (Phi) is 7.51.